The molecule has 2 aliphatic rings. The van der Waals surface area contributed by atoms with Crippen molar-refractivity contribution in [3.05, 3.63) is 34.1 Å². The number of halogens is 2. The normalized spacial score (nSPS) is 26.5. The summed E-state index contributed by atoms with van der Waals surface area (Å²) in [6, 6.07) is 4.91. The molecule has 0 saturated carbocycles. The molecule has 2 fully saturated rings. The van der Waals surface area contributed by atoms with Gasteiger partial charge in [0.05, 0.1) is 6.61 Å². The number of morpholine rings is 1. The van der Waals surface area contributed by atoms with E-state index in [2.05, 4.69) is 20.8 Å². The summed E-state index contributed by atoms with van der Waals surface area (Å²) in [6.45, 7) is 2.37. The van der Waals surface area contributed by atoms with Gasteiger partial charge in [0.15, 0.2) is 5.78 Å². The molecule has 2 atom stereocenters. The van der Waals surface area contributed by atoms with E-state index >= 15 is 0 Å². The molecule has 3 rings (SSSR count). The number of hydrogen-bond donors (Lipinski definition) is 0. The molecule has 2 saturated heterocycles. The number of carbonyl (C=O) groups is 1. The van der Waals surface area contributed by atoms with Gasteiger partial charge in [-0.25, -0.2) is 4.39 Å². The highest BCUT2D eigenvalue weighted by atomic mass is 79.9. The van der Waals surface area contributed by atoms with E-state index in [1.54, 1.807) is 6.07 Å². The van der Waals surface area contributed by atoms with Crippen molar-refractivity contribution < 1.29 is 13.9 Å². The van der Waals surface area contributed by atoms with E-state index in [9.17, 15) is 9.18 Å². The van der Waals surface area contributed by atoms with Crippen LogP contribution >= 0.6 is 15.9 Å². The van der Waals surface area contributed by atoms with Gasteiger partial charge in [-0.3, -0.25) is 9.69 Å². The van der Waals surface area contributed by atoms with Gasteiger partial charge < -0.3 is 4.74 Å². The lowest BCUT2D eigenvalue weighted by molar-refractivity contribution is -0.137. The van der Waals surface area contributed by atoms with E-state index in [0.717, 1.165) is 17.4 Å². The maximum absolute atomic E-state index is 13.2. The molecule has 108 valence electrons. The van der Waals surface area contributed by atoms with Gasteiger partial charge in [-0.05, 0) is 43.1 Å². The van der Waals surface area contributed by atoms with Crippen LogP contribution in [0.5, 0.6) is 0 Å². The Hall–Kier alpha value is -0.780. The van der Waals surface area contributed by atoms with E-state index in [4.69, 9.17) is 4.74 Å². The Morgan fingerprint density at radius 2 is 2.35 bits per heavy atom. The zero-order valence-electron chi connectivity index (χ0n) is 11.1. The van der Waals surface area contributed by atoms with Gasteiger partial charge in [0.25, 0.3) is 0 Å². The Bertz CT molecular complexity index is 523. The lowest BCUT2D eigenvalue weighted by atomic mass is 10.0. The van der Waals surface area contributed by atoms with Crippen LogP contribution in [0.4, 0.5) is 4.39 Å². The third-order valence-corrected chi connectivity index (χ3v) is 4.89. The van der Waals surface area contributed by atoms with Crippen LogP contribution < -0.4 is 0 Å². The summed E-state index contributed by atoms with van der Waals surface area (Å²) in [5, 5.41) is 0. The second kappa shape index (κ2) is 5.92. The predicted octanol–water partition coefficient (Wildman–Crippen LogP) is 2.56. The van der Waals surface area contributed by atoms with E-state index in [0.29, 0.717) is 24.8 Å². The minimum absolute atomic E-state index is 0.0293. The summed E-state index contributed by atoms with van der Waals surface area (Å²) in [7, 11) is 0. The molecular formula is C15H17BrFNO2. The van der Waals surface area contributed by atoms with Crippen molar-refractivity contribution in [1.29, 1.82) is 0 Å². The van der Waals surface area contributed by atoms with Gasteiger partial charge >= 0.3 is 0 Å². The van der Waals surface area contributed by atoms with Gasteiger partial charge in [-0.2, -0.15) is 0 Å². The van der Waals surface area contributed by atoms with Crippen molar-refractivity contribution in [1.82, 2.24) is 4.90 Å². The molecule has 3 nitrogen and oxygen atoms in total. The smallest absolute Gasteiger partial charge is 0.167 e. The zero-order valence-corrected chi connectivity index (χ0v) is 12.7. The lowest BCUT2D eigenvalue weighted by Crippen LogP contribution is -2.49. The molecule has 2 aliphatic heterocycles. The Morgan fingerprint density at radius 3 is 3.20 bits per heavy atom. The van der Waals surface area contributed by atoms with Crippen LogP contribution in [-0.2, 0) is 16.0 Å². The third kappa shape index (κ3) is 2.95. The number of fused-ring (bicyclic) bond motifs is 1. The topological polar surface area (TPSA) is 29.5 Å². The highest BCUT2D eigenvalue weighted by Crippen LogP contribution is 2.24. The summed E-state index contributed by atoms with van der Waals surface area (Å²) in [5.74, 6) is -0.290. The maximum Gasteiger partial charge on any atom is 0.167 e. The van der Waals surface area contributed by atoms with Crippen LogP contribution in [0.3, 0.4) is 0 Å². The fourth-order valence-electron chi connectivity index (χ4n) is 2.99. The highest BCUT2D eigenvalue weighted by Gasteiger charge is 2.35. The molecule has 0 aromatic heterocycles. The first-order chi connectivity index (χ1) is 9.63. The average Bonchev–Trinajstić information content (AvgIpc) is 2.90. The number of nitrogens with zero attached hydrogens (tertiary/aromatic N) is 1. The zero-order chi connectivity index (χ0) is 14.1. The van der Waals surface area contributed by atoms with E-state index in [-0.39, 0.29) is 24.1 Å². The number of Topliss-reactive ketones (excluding diaryl/α,β-unsaturated/α-hetero) is 1. The SMILES string of the molecule is O=C(Cc1cc(F)ccc1Br)C1CN2CCCC2CO1. The van der Waals surface area contributed by atoms with Crippen LogP contribution in [0.2, 0.25) is 0 Å². The number of ether oxygens (including phenoxy) is 1. The molecule has 0 radical (unpaired) electrons. The summed E-state index contributed by atoms with van der Waals surface area (Å²) in [5.41, 5.74) is 0.683. The molecule has 0 bridgehead atoms. The standard InChI is InChI=1S/C15H17BrFNO2/c16-13-4-3-11(17)6-10(13)7-14(19)15-8-18-5-1-2-12(18)9-20-15/h3-4,6,12,15H,1-2,5,7-9H2. The van der Waals surface area contributed by atoms with E-state index < -0.39 is 0 Å². The van der Waals surface area contributed by atoms with Crippen LogP contribution in [0, 0.1) is 5.82 Å². The summed E-state index contributed by atoms with van der Waals surface area (Å²) >= 11 is 3.36. The Morgan fingerprint density at radius 1 is 1.50 bits per heavy atom. The summed E-state index contributed by atoms with van der Waals surface area (Å²) in [6.07, 6.45) is 2.18. The Kier molecular flexibility index (Phi) is 4.19. The number of carbonyl (C=O) groups excluding carboxylic acids is 1. The molecular weight excluding hydrogens is 325 g/mol. The Balaban J connectivity index is 1.65. The first-order valence-corrected chi connectivity index (χ1v) is 7.75. The molecule has 0 N–H and O–H groups in total. The van der Waals surface area contributed by atoms with Crippen LogP contribution in [0.1, 0.15) is 18.4 Å². The molecule has 20 heavy (non-hydrogen) atoms. The van der Waals surface area contributed by atoms with Crippen molar-refractivity contribution >= 4 is 21.7 Å². The third-order valence-electron chi connectivity index (χ3n) is 4.12. The summed E-state index contributed by atoms with van der Waals surface area (Å²) in [4.78, 5) is 14.7. The second-order valence-electron chi connectivity index (χ2n) is 5.49. The fraction of sp³-hybridized carbons (Fsp3) is 0.533. The van der Waals surface area contributed by atoms with Gasteiger partial charge in [0.1, 0.15) is 11.9 Å². The van der Waals surface area contributed by atoms with Crippen molar-refractivity contribution in [2.75, 3.05) is 19.7 Å². The molecule has 0 aliphatic carbocycles. The van der Waals surface area contributed by atoms with Gasteiger partial charge in [-0.15, -0.1) is 0 Å². The molecule has 1 aromatic rings. The molecule has 2 heterocycles. The number of benzene rings is 1. The van der Waals surface area contributed by atoms with Gasteiger partial charge in [0, 0.05) is 23.5 Å². The molecule has 1 aromatic carbocycles. The maximum atomic E-state index is 13.2. The first-order valence-electron chi connectivity index (χ1n) is 6.96. The summed E-state index contributed by atoms with van der Waals surface area (Å²) < 4.78 is 19.7. The fourth-order valence-corrected chi connectivity index (χ4v) is 3.38. The van der Waals surface area contributed by atoms with Gasteiger partial charge in [-0.1, -0.05) is 15.9 Å². The largest absolute Gasteiger partial charge is 0.367 e. The van der Waals surface area contributed by atoms with Crippen molar-refractivity contribution in [3.8, 4) is 0 Å². The predicted molar refractivity (Wildman–Crippen MR) is 77.1 cm³/mol. The quantitative estimate of drug-likeness (QED) is 0.846. The second-order valence-corrected chi connectivity index (χ2v) is 6.35. The number of rotatable bonds is 3. The Labute approximate surface area is 126 Å². The number of ketones is 1. The van der Waals surface area contributed by atoms with Crippen LogP contribution in [0.25, 0.3) is 0 Å². The molecule has 2 unspecified atom stereocenters. The lowest BCUT2D eigenvalue weighted by Gasteiger charge is -2.34. The minimum Gasteiger partial charge on any atom is -0.367 e. The van der Waals surface area contributed by atoms with E-state index in [1.165, 1.54) is 18.6 Å². The van der Waals surface area contributed by atoms with Crippen molar-refractivity contribution in [3.63, 3.8) is 0 Å². The molecule has 5 heteroatoms. The molecule has 0 amide bonds. The number of hydrogen-bond acceptors (Lipinski definition) is 3. The average molecular weight is 342 g/mol. The monoisotopic (exact) mass is 341 g/mol. The molecule has 0 spiro atoms. The van der Waals surface area contributed by atoms with E-state index in [1.807, 2.05) is 0 Å². The minimum atomic E-state index is -0.375. The van der Waals surface area contributed by atoms with Crippen LogP contribution in [0.15, 0.2) is 22.7 Å². The first kappa shape index (κ1) is 14.2. The van der Waals surface area contributed by atoms with Crippen molar-refractivity contribution in [2.45, 2.75) is 31.4 Å². The van der Waals surface area contributed by atoms with Crippen molar-refractivity contribution in [2.24, 2.45) is 0 Å². The van der Waals surface area contributed by atoms with Gasteiger partial charge in [0.2, 0.25) is 0 Å². The van der Waals surface area contributed by atoms with Crippen LogP contribution in [-0.4, -0.2) is 42.5 Å². The highest BCUT2D eigenvalue weighted by molar-refractivity contribution is 9.10.